The predicted molar refractivity (Wildman–Crippen MR) is 102 cm³/mol. The van der Waals surface area contributed by atoms with Crippen LogP contribution in [0.4, 0.5) is 5.69 Å². The number of benzene rings is 2. The van der Waals surface area contributed by atoms with E-state index in [-0.39, 0.29) is 22.9 Å². The minimum atomic E-state index is -3.80. The highest BCUT2D eigenvalue weighted by Crippen LogP contribution is 2.29. The summed E-state index contributed by atoms with van der Waals surface area (Å²) in [5.74, 6) is -1.40. The third-order valence-corrected chi connectivity index (χ3v) is 7.66. The third kappa shape index (κ3) is 4.16. The Morgan fingerprint density at radius 2 is 1.70 bits per heavy atom. The van der Waals surface area contributed by atoms with Crippen LogP contribution in [0.1, 0.15) is 12.5 Å². The SMILES string of the molecule is C[C@@H]1CS(=O)(=O)N(c2ccc(S(=O)(=O)NCc3ccc(Cl)cc3)cc2)C1=O. The van der Waals surface area contributed by atoms with Crippen molar-refractivity contribution in [3.63, 3.8) is 0 Å². The number of hydrogen-bond acceptors (Lipinski definition) is 5. The number of amides is 1. The zero-order valence-corrected chi connectivity index (χ0v) is 16.7. The summed E-state index contributed by atoms with van der Waals surface area (Å²) in [7, 11) is -7.53. The number of carbonyl (C=O) groups is 1. The van der Waals surface area contributed by atoms with Gasteiger partial charge >= 0.3 is 0 Å². The molecule has 1 fully saturated rings. The molecule has 1 amide bonds. The first kappa shape index (κ1) is 19.8. The average molecular weight is 429 g/mol. The molecule has 10 heteroatoms. The van der Waals surface area contributed by atoms with Crippen molar-refractivity contribution in [2.45, 2.75) is 18.4 Å². The molecule has 2 aromatic rings. The Balaban J connectivity index is 1.78. The van der Waals surface area contributed by atoms with Crippen LogP contribution in [0.15, 0.2) is 53.4 Å². The molecule has 1 atom stereocenters. The first-order chi connectivity index (χ1) is 12.6. The molecule has 144 valence electrons. The molecule has 7 nitrogen and oxygen atoms in total. The number of sulfonamides is 2. The fourth-order valence-electron chi connectivity index (χ4n) is 2.71. The Morgan fingerprint density at radius 3 is 2.22 bits per heavy atom. The minimum Gasteiger partial charge on any atom is -0.273 e. The first-order valence-corrected chi connectivity index (χ1v) is 11.5. The molecule has 0 spiro atoms. The second-order valence-corrected chi connectivity index (χ2v) is 10.3. The molecule has 1 saturated heterocycles. The molecule has 1 aliphatic heterocycles. The van der Waals surface area contributed by atoms with Crippen molar-refractivity contribution in [3.05, 3.63) is 59.1 Å². The lowest BCUT2D eigenvalue weighted by Crippen LogP contribution is -2.30. The van der Waals surface area contributed by atoms with Crippen LogP contribution in [0.2, 0.25) is 5.02 Å². The molecule has 1 heterocycles. The number of rotatable bonds is 5. The zero-order chi connectivity index (χ0) is 19.8. The van der Waals surface area contributed by atoms with E-state index in [0.29, 0.717) is 5.02 Å². The van der Waals surface area contributed by atoms with Crippen LogP contribution in [-0.4, -0.2) is 28.5 Å². The highest BCUT2D eigenvalue weighted by atomic mass is 35.5. The maximum absolute atomic E-state index is 12.4. The second kappa shape index (κ2) is 7.23. The molecule has 0 unspecified atom stereocenters. The molecule has 0 radical (unpaired) electrons. The summed E-state index contributed by atoms with van der Waals surface area (Å²) in [5.41, 5.74) is 0.864. The first-order valence-electron chi connectivity index (χ1n) is 8.01. The zero-order valence-electron chi connectivity index (χ0n) is 14.3. The van der Waals surface area contributed by atoms with Crippen LogP contribution < -0.4 is 9.03 Å². The Hall–Kier alpha value is -1.94. The Morgan fingerprint density at radius 1 is 1.11 bits per heavy atom. The van der Waals surface area contributed by atoms with E-state index >= 15 is 0 Å². The van der Waals surface area contributed by atoms with Gasteiger partial charge in [0.1, 0.15) is 0 Å². The Labute approximate surface area is 163 Å². The van der Waals surface area contributed by atoms with Crippen LogP contribution >= 0.6 is 11.6 Å². The highest BCUT2D eigenvalue weighted by Gasteiger charge is 2.41. The average Bonchev–Trinajstić information content (AvgIpc) is 2.82. The van der Waals surface area contributed by atoms with E-state index in [1.54, 1.807) is 31.2 Å². The molecule has 0 bridgehead atoms. The number of carbonyl (C=O) groups excluding carboxylic acids is 1. The molecule has 0 saturated carbocycles. The van der Waals surface area contributed by atoms with Crippen molar-refractivity contribution in [2.75, 3.05) is 10.1 Å². The lowest BCUT2D eigenvalue weighted by atomic mass is 10.2. The van der Waals surface area contributed by atoms with Gasteiger partial charge in [0.2, 0.25) is 26.0 Å². The van der Waals surface area contributed by atoms with Gasteiger partial charge in [0.05, 0.1) is 22.3 Å². The Bertz CT molecular complexity index is 1070. The van der Waals surface area contributed by atoms with E-state index in [2.05, 4.69) is 4.72 Å². The van der Waals surface area contributed by atoms with E-state index in [1.807, 2.05) is 0 Å². The Kier molecular flexibility index (Phi) is 5.31. The van der Waals surface area contributed by atoms with Gasteiger partial charge in [-0.05, 0) is 42.0 Å². The number of hydrogen-bond donors (Lipinski definition) is 1. The van der Waals surface area contributed by atoms with Crippen LogP contribution in [-0.2, 0) is 31.4 Å². The maximum atomic E-state index is 12.4. The number of nitrogens with one attached hydrogen (secondary N) is 1. The van der Waals surface area contributed by atoms with E-state index in [0.717, 1.165) is 9.87 Å². The van der Waals surface area contributed by atoms with Crippen molar-refractivity contribution < 1.29 is 21.6 Å². The van der Waals surface area contributed by atoms with Gasteiger partial charge in [-0.15, -0.1) is 0 Å². The van der Waals surface area contributed by atoms with Crippen LogP contribution in [0.25, 0.3) is 0 Å². The highest BCUT2D eigenvalue weighted by molar-refractivity contribution is 7.94. The molecular weight excluding hydrogens is 412 g/mol. The van der Waals surface area contributed by atoms with E-state index in [9.17, 15) is 21.6 Å². The summed E-state index contributed by atoms with van der Waals surface area (Å²) < 4.78 is 52.2. The van der Waals surface area contributed by atoms with Crippen molar-refractivity contribution in [3.8, 4) is 0 Å². The van der Waals surface area contributed by atoms with Crippen molar-refractivity contribution in [1.82, 2.24) is 4.72 Å². The van der Waals surface area contributed by atoms with Crippen LogP contribution in [0.5, 0.6) is 0 Å². The monoisotopic (exact) mass is 428 g/mol. The minimum absolute atomic E-state index is 0.0303. The lowest BCUT2D eigenvalue weighted by Gasteiger charge is -2.15. The molecule has 0 aromatic heterocycles. The third-order valence-electron chi connectivity index (χ3n) is 4.12. The lowest BCUT2D eigenvalue weighted by molar-refractivity contribution is -0.119. The normalized spacial score (nSPS) is 19.4. The van der Waals surface area contributed by atoms with Gasteiger partial charge in [0, 0.05) is 11.6 Å². The largest absolute Gasteiger partial charge is 0.273 e. The van der Waals surface area contributed by atoms with Gasteiger partial charge in [-0.25, -0.2) is 25.9 Å². The molecule has 1 aliphatic rings. The summed E-state index contributed by atoms with van der Waals surface area (Å²) in [6, 6.07) is 11.9. The standard InChI is InChI=1S/C17H17ClN2O5S2/c1-12-11-26(22,23)20(17(12)21)15-6-8-16(9-7-15)27(24,25)19-10-13-2-4-14(18)5-3-13/h2-9,12,19H,10-11H2,1H3/t12-/m1/s1. The fraction of sp³-hybridized carbons (Fsp3) is 0.235. The summed E-state index contributed by atoms with van der Waals surface area (Å²) in [4.78, 5) is 12.1. The molecule has 1 N–H and O–H groups in total. The van der Waals surface area contributed by atoms with Crippen molar-refractivity contribution >= 4 is 43.2 Å². The molecule has 3 rings (SSSR count). The fourth-order valence-corrected chi connectivity index (χ4v) is 5.68. The van der Waals surface area contributed by atoms with E-state index in [4.69, 9.17) is 11.6 Å². The molecule has 0 aliphatic carbocycles. The number of nitrogens with zero attached hydrogens (tertiary/aromatic N) is 1. The van der Waals surface area contributed by atoms with Gasteiger partial charge in [-0.3, -0.25) is 4.79 Å². The summed E-state index contributed by atoms with van der Waals surface area (Å²) in [6.07, 6.45) is 0. The van der Waals surface area contributed by atoms with E-state index < -0.39 is 31.9 Å². The smallest absolute Gasteiger partial charge is 0.244 e. The summed E-state index contributed by atoms with van der Waals surface area (Å²) in [5, 5.41) is 0.554. The van der Waals surface area contributed by atoms with Gasteiger partial charge in [0.25, 0.3) is 0 Å². The van der Waals surface area contributed by atoms with Gasteiger partial charge in [0.15, 0.2) is 0 Å². The predicted octanol–water partition coefficient (Wildman–Crippen LogP) is 2.13. The van der Waals surface area contributed by atoms with E-state index in [1.165, 1.54) is 24.3 Å². The molecule has 27 heavy (non-hydrogen) atoms. The van der Waals surface area contributed by atoms with Crippen LogP contribution in [0.3, 0.4) is 0 Å². The number of halogens is 1. The second-order valence-electron chi connectivity index (χ2n) is 6.23. The maximum Gasteiger partial charge on any atom is 0.244 e. The van der Waals surface area contributed by atoms with Crippen LogP contribution in [0, 0.1) is 5.92 Å². The topological polar surface area (TPSA) is 101 Å². The summed E-state index contributed by atoms with van der Waals surface area (Å²) >= 11 is 5.80. The molecule has 2 aromatic carbocycles. The number of anilines is 1. The molecular formula is C17H17ClN2O5S2. The van der Waals surface area contributed by atoms with Crippen molar-refractivity contribution in [1.29, 1.82) is 0 Å². The summed E-state index contributed by atoms with van der Waals surface area (Å²) in [6.45, 7) is 1.62. The van der Waals surface area contributed by atoms with Gasteiger partial charge in [-0.2, -0.15) is 0 Å². The van der Waals surface area contributed by atoms with Gasteiger partial charge < -0.3 is 0 Å². The quantitative estimate of drug-likeness (QED) is 0.786. The van der Waals surface area contributed by atoms with Gasteiger partial charge in [-0.1, -0.05) is 30.7 Å². The van der Waals surface area contributed by atoms with Crippen molar-refractivity contribution in [2.24, 2.45) is 5.92 Å².